The zero-order valence-corrected chi connectivity index (χ0v) is 20.8. The first kappa shape index (κ1) is 24.9. The maximum absolute atomic E-state index is 13.3. The highest BCUT2D eigenvalue weighted by atomic mass is 16.6. The molecule has 1 N–H and O–H groups in total. The fourth-order valence-electron chi connectivity index (χ4n) is 5.66. The summed E-state index contributed by atoms with van der Waals surface area (Å²) in [7, 11) is 0. The maximum atomic E-state index is 13.3. The quantitative estimate of drug-likeness (QED) is 0.376. The van der Waals surface area contributed by atoms with E-state index < -0.39 is 16.5 Å². The van der Waals surface area contributed by atoms with Crippen molar-refractivity contribution in [2.75, 3.05) is 37.6 Å². The van der Waals surface area contributed by atoms with Crippen LogP contribution in [-0.4, -0.2) is 70.8 Å². The van der Waals surface area contributed by atoms with Crippen LogP contribution < -0.4 is 10.2 Å². The van der Waals surface area contributed by atoms with E-state index in [1.165, 1.54) is 6.07 Å². The van der Waals surface area contributed by atoms with Gasteiger partial charge in [0.05, 0.1) is 4.92 Å². The molecular weight excluding hydrogens is 450 g/mol. The van der Waals surface area contributed by atoms with Crippen LogP contribution >= 0.6 is 0 Å². The number of benzene rings is 1. The Bertz CT molecular complexity index is 1010. The van der Waals surface area contributed by atoms with E-state index in [4.69, 9.17) is 0 Å². The van der Waals surface area contributed by atoms with Crippen LogP contribution in [-0.2, 0) is 9.59 Å². The summed E-state index contributed by atoms with van der Waals surface area (Å²) in [6, 6.07) is 6.07. The van der Waals surface area contributed by atoms with Crippen LogP contribution in [0.15, 0.2) is 24.3 Å². The van der Waals surface area contributed by atoms with Gasteiger partial charge in [-0.1, -0.05) is 39.3 Å². The summed E-state index contributed by atoms with van der Waals surface area (Å²) in [5.74, 6) is -0.0639. The number of urea groups is 1. The van der Waals surface area contributed by atoms with Crippen LogP contribution in [0.2, 0.25) is 0 Å². The lowest BCUT2D eigenvalue weighted by Gasteiger charge is -2.42. The summed E-state index contributed by atoms with van der Waals surface area (Å²) in [4.78, 5) is 54.5. The molecule has 2 saturated heterocycles. The van der Waals surface area contributed by atoms with Gasteiger partial charge in [0.25, 0.3) is 11.6 Å². The Balaban J connectivity index is 1.34. The third kappa shape index (κ3) is 4.70. The van der Waals surface area contributed by atoms with Gasteiger partial charge in [0, 0.05) is 32.2 Å². The summed E-state index contributed by atoms with van der Waals surface area (Å²) in [5.41, 5.74) is -0.120. The summed E-state index contributed by atoms with van der Waals surface area (Å²) in [6.07, 6.45) is 4.02. The van der Waals surface area contributed by atoms with Crippen molar-refractivity contribution in [3.05, 3.63) is 34.4 Å². The second-order valence-electron chi connectivity index (χ2n) is 10.6. The molecule has 1 aromatic rings. The Morgan fingerprint density at radius 2 is 1.77 bits per heavy atom. The number of imide groups is 1. The molecule has 0 aromatic heterocycles. The summed E-state index contributed by atoms with van der Waals surface area (Å²) >= 11 is 0. The standard InChI is InChI=1S/C25H35N5O5/c1-4-24(2,3)18-9-11-25(12-10-18)22(32)29(23(33)26-25)17-21(31)28-15-13-27(14-16-28)19-7-5-6-8-20(19)30(34)35/h5-8,18H,4,9-17H2,1-3H3,(H,26,33). The molecule has 10 nitrogen and oxygen atoms in total. The molecule has 35 heavy (non-hydrogen) atoms. The number of hydrogen-bond donors (Lipinski definition) is 1. The van der Waals surface area contributed by atoms with Gasteiger partial charge in [0.2, 0.25) is 5.91 Å². The monoisotopic (exact) mass is 485 g/mol. The molecule has 1 spiro atoms. The zero-order valence-electron chi connectivity index (χ0n) is 20.8. The summed E-state index contributed by atoms with van der Waals surface area (Å²) in [6.45, 7) is 8.03. The van der Waals surface area contributed by atoms with E-state index >= 15 is 0 Å². The van der Waals surface area contributed by atoms with Crippen LogP contribution in [0.3, 0.4) is 0 Å². The number of para-hydroxylation sites is 2. The Kier molecular flexibility index (Phi) is 6.75. The highest BCUT2D eigenvalue weighted by Crippen LogP contribution is 2.45. The summed E-state index contributed by atoms with van der Waals surface area (Å²) in [5, 5.41) is 14.2. The average molecular weight is 486 g/mol. The van der Waals surface area contributed by atoms with Gasteiger partial charge < -0.3 is 15.1 Å². The predicted octanol–water partition coefficient (Wildman–Crippen LogP) is 3.16. The molecule has 0 radical (unpaired) electrons. The summed E-state index contributed by atoms with van der Waals surface area (Å²) < 4.78 is 0. The van der Waals surface area contributed by atoms with Gasteiger partial charge in [-0.05, 0) is 43.1 Å². The van der Waals surface area contributed by atoms with Crippen LogP contribution in [0.5, 0.6) is 0 Å². The van der Waals surface area contributed by atoms with E-state index in [1.807, 2.05) is 4.90 Å². The van der Waals surface area contributed by atoms with Gasteiger partial charge in [-0.3, -0.25) is 24.6 Å². The first-order valence-electron chi connectivity index (χ1n) is 12.5. The van der Waals surface area contributed by atoms with E-state index in [0.717, 1.165) is 24.2 Å². The lowest BCUT2D eigenvalue weighted by atomic mass is 9.65. The maximum Gasteiger partial charge on any atom is 0.325 e. The number of carbonyl (C=O) groups excluding carboxylic acids is 3. The van der Waals surface area contributed by atoms with E-state index in [0.29, 0.717) is 50.6 Å². The second kappa shape index (κ2) is 9.47. The molecule has 3 aliphatic rings. The first-order chi connectivity index (χ1) is 16.6. The first-order valence-corrected chi connectivity index (χ1v) is 12.5. The van der Waals surface area contributed by atoms with E-state index in [2.05, 4.69) is 26.1 Å². The number of nitro groups is 1. The Morgan fingerprint density at radius 1 is 1.14 bits per heavy atom. The fourth-order valence-corrected chi connectivity index (χ4v) is 5.66. The minimum absolute atomic E-state index is 0.0361. The molecule has 0 atom stereocenters. The third-order valence-corrected chi connectivity index (χ3v) is 8.45. The molecule has 1 saturated carbocycles. The number of nitrogens with one attached hydrogen (secondary N) is 1. The van der Waals surface area contributed by atoms with Gasteiger partial charge in [-0.2, -0.15) is 0 Å². The van der Waals surface area contributed by atoms with Crippen molar-refractivity contribution in [2.24, 2.45) is 11.3 Å². The molecule has 2 heterocycles. The third-order valence-electron chi connectivity index (χ3n) is 8.45. The Labute approximate surface area is 205 Å². The molecule has 4 rings (SSSR count). The molecule has 1 aromatic carbocycles. The molecule has 1 aliphatic carbocycles. The number of rotatable bonds is 6. The largest absolute Gasteiger partial charge is 0.362 e. The Hall–Kier alpha value is -3.17. The molecular formula is C25H35N5O5. The van der Waals surface area contributed by atoms with E-state index in [9.17, 15) is 24.5 Å². The number of hydrogen-bond acceptors (Lipinski definition) is 6. The molecule has 0 unspecified atom stereocenters. The lowest BCUT2D eigenvalue weighted by molar-refractivity contribution is -0.384. The molecule has 4 amide bonds. The van der Waals surface area contributed by atoms with Crippen LogP contribution in [0.1, 0.15) is 52.9 Å². The zero-order chi connectivity index (χ0) is 25.4. The normalized spacial score (nSPS) is 25.2. The average Bonchev–Trinajstić information content (AvgIpc) is 3.08. The van der Waals surface area contributed by atoms with E-state index in [-0.39, 0.29) is 29.5 Å². The number of nitro benzene ring substituents is 1. The van der Waals surface area contributed by atoms with E-state index in [1.54, 1.807) is 23.1 Å². The molecule has 2 aliphatic heterocycles. The van der Waals surface area contributed by atoms with Gasteiger partial charge in [-0.25, -0.2) is 4.79 Å². The molecule has 0 bridgehead atoms. The highest BCUT2D eigenvalue weighted by molar-refractivity contribution is 6.09. The minimum Gasteiger partial charge on any atom is -0.362 e. The second-order valence-corrected chi connectivity index (χ2v) is 10.6. The van der Waals surface area contributed by atoms with Gasteiger partial charge in [0.1, 0.15) is 17.8 Å². The number of piperazine rings is 1. The minimum atomic E-state index is -0.886. The van der Waals surface area contributed by atoms with Crippen LogP contribution in [0.25, 0.3) is 0 Å². The van der Waals surface area contributed by atoms with Crippen molar-refractivity contribution in [1.29, 1.82) is 0 Å². The van der Waals surface area contributed by atoms with Crippen molar-refractivity contribution in [2.45, 2.75) is 58.4 Å². The smallest absolute Gasteiger partial charge is 0.325 e. The highest BCUT2D eigenvalue weighted by Gasteiger charge is 2.54. The number of nitrogens with zero attached hydrogens (tertiary/aromatic N) is 4. The molecule has 3 fully saturated rings. The number of amides is 4. The molecule has 190 valence electrons. The SMILES string of the molecule is CCC(C)(C)C1CCC2(CC1)NC(=O)N(CC(=O)N1CCN(c3ccccc3[N+](=O)[O-])CC1)C2=O. The van der Waals surface area contributed by atoms with Crippen molar-refractivity contribution in [1.82, 2.24) is 15.1 Å². The fraction of sp³-hybridized carbons (Fsp3) is 0.640. The number of carbonyl (C=O) groups is 3. The van der Waals surface area contributed by atoms with Crippen molar-refractivity contribution >= 4 is 29.2 Å². The van der Waals surface area contributed by atoms with Gasteiger partial charge in [0.15, 0.2) is 0 Å². The molecule has 10 heteroatoms. The van der Waals surface area contributed by atoms with Gasteiger partial charge in [-0.15, -0.1) is 0 Å². The number of anilines is 1. The predicted molar refractivity (Wildman–Crippen MR) is 131 cm³/mol. The van der Waals surface area contributed by atoms with Crippen molar-refractivity contribution in [3.63, 3.8) is 0 Å². The van der Waals surface area contributed by atoms with Gasteiger partial charge >= 0.3 is 6.03 Å². The van der Waals surface area contributed by atoms with Crippen molar-refractivity contribution < 1.29 is 19.3 Å². The van der Waals surface area contributed by atoms with Crippen LogP contribution in [0, 0.1) is 21.4 Å². The Morgan fingerprint density at radius 3 is 2.37 bits per heavy atom. The lowest BCUT2D eigenvalue weighted by Crippen LogP contribution is -2.53. The topological polar surface area (TPSA) is 116 Å². The van der Waals surface area contributed by atoms with Crippen molar-refractivity contribution in [3.8, 4) is 0 Å². The van der Waals surface area contributed by atoms with Crippen LogP contribution in [0.4, 0.5) is 16.2 Å².